The molecule has 1 saturated carbocycles. The van der Waals surface area contributed by atoms with Gasteiger partial charge in [0.1, 0.15) is 36.3 Å². The molecule has 0 radical (unpaired) electrons. The van der Waals surface area contributed by atoms with Crippen molar-refractivity contribution in [2.24, 2.45) is 11.7 Å². The Morgan fingerprint density at radius 3 is 2.65 bits per heavy atom. The monoisotopic (exact) mass is 554 g/mol. The molecule has 3 aliphatic heterocycles. The van der Waals surface area contributed by atoms with E-state index >= 15 is 0 Å². The van der Waals surface area contributed by atoms with Gasteiger partial charge in [0.05, 0.1) is 5.92 Å². The number of ether oxygens (including phenoxy) is 2. The zero-order valence-corrected chi connectivity index (χ0v) is 25.3. The number of aromatic nitrogens is 2. The number of ketones is 2. The third-order valence-electron chi connectivity index (χ3n) is 8.93. The van der Waals surface area contributed by atoms with Gasteiger partial charge < -0.3 is 15.2 Å². The van der Waals surface area contributed by atoms with Crippen LogP contribution in [-0.4, -0.2) is 72.1 Å². The molecule has 4 aliphatic rings. The fourth-order valence-corrected chi connectivity index (χ4v) is 6.61. The maximum absolute atomic E-state index is 14.1. The minimum absolute atomic E-state index is 0.0906. The van der Waals surface area contributed by atoms with Crippen molar-refractivity contribution in [3.63, 3.8) is 0 Å². The molecule has 4 heterocycles. The highest BCUT2D eigenvalue weighted by Gasteiger charge is 2.47. The summed E-state index contributed by atoms with van der Waals surface area (Å²) < 4.78 is 12.8. The van der Waals surface area contributed by atoms with E-state index in [2.05, 4.69) is 31.9 Å². The van der Waals surface area contributed by atoms with Gasteiger partial charge in [0.15, 0.2) is 6.73 Å². The number of fused-ring (bicyclic) bond motifs is 2. The molecule has 1 aromatic rings. The van der Waals surface area contributed by atoms with Gasteiger partial charge in [-0.15, -0.1) is 0 Å². The fraction of sp³-hybridized carbons (Fsp3) is 0.677. The molecule has 0 aromatic carbocycles. The van der Waals surface area contributed by atoms with Gasteiger partial charge in [0, 0.05) is 36.7 Å². The number of hydrogen-bond donors (Lipinski definition) is 1. The summed E-state index contributed by atoms with van der Waals surface area (Å²) in [7, 11) is 2.12. The lowest BCUT2D eigenvalue weighted by molar-refractivity contribution is -0.123. The van der Waals surface area contributed by atoms with E-state index in [4.69, 9.17) is 25.2 Å². The average Bonchev–Trinajstić information content (AvgIpc) is 3.69. The maximum atomic E-state index is 14.1. The third-order valence-corrected chi connectivity index (χ3v) is 8.93. The molecule has 9 heteroatoms. The number of Topliss-reactive ketones (excluding diaryl/α,β-unsaturated/α-hetero) is 2. The van der Waals surface area contributed by atoms with Crippen molar-refractivity contribution >= 4 is 23.5 Å². The van der Waals surface area contributed by atoms with Crippen LogP contribution >= 0.6 is 0 Å². The second-order valence-corrected chi connectivity index (χ2v) is 11.4. The molecule has 0 bridgehead atoms. The lowest BCUT2D eigenvalue weighted by Crippen LogP contribution is -2.44. The summed E-state index contributed by atoms with van der Waals surface area (Å²) in [6, 6.07) is 0.285. The first-order valence-electron chi connectivity index (χ1n) is 15.3. The van der Waals surface area contributed by atoms with E-state index in [1.807, 2.05) is 20.8 Å². The van der Waals surface area contributed by atoms with Crippen LogP contribution in [0.3, 0.4) is 0 Å². The van der Waals surface area contributed by atoms with Crippen LogP contribution in [0.1, 0.15) is 102 Å². The van der Waals surface area contributed by atoms with E-state index in [1.54, 1.807) is 0 Å². The summed E-state index contributed by atoms with van der Waals surface area (Å²) in [5.41, 5.74) is 9.38. The second kappa shape index (κ2) is 12.9. The standard InChI is InChI=1S/C29H41N5O4.C2H6/c1-5-9-21(25(30)20-10-6-7-12-24(20)35)26(36)27-31-28-22(16-18(2)34(28)14-15-37-17-34)29(32-27)38-19(3)23-11-8-13-33(23)4;1-2/h16,19-20,23H,5-15,17H2,1-4H3,(H-,30,36);1-2H3/p+1/t19?,20-,23-,34?;/m0./s1. The van der Waals surface area contributed by atoms with Gasteiger partial charge in [-0.1, -0.05) is 33.6 Å². The topological polar surface area (TPSA) is 108 Å². The van der Waals surface area contributed by atoms with Crippen molar-refractivity contribution in [2.75, 3.05) is 33.5 Å². The van der Waals surface area contributed by atoms with Gasteiger partial charge in [-0.05, 0) is 52.6 Å². The molecule has 1 aliphatic carbocycles. The Balaban J connectivity index is 0.00000181. The average molecular weight is 555 g/mol. The van der Waals surface area contributed by atoms with Gasteiger partial charge in [-0.25, -0.2) is 4.48 Å². The van der Waals surface area contributed by atoms with Gasteiger partial charge in [-0.2, -0.15) is 9.97 Å². The lowest BCUT2D eigenvalue weighted by Gasteiger charge is -2.29. The Kier molecular flexibility index (Phi) is 9.80. The second-order valence-electron chi connectivity index (χ2n) is 11.4. The number of likely N-dealkylation sites (N-methyl/N-ethyl adjacent to an activating group) is 1. The van der Waals surface area contributed by atoms with E-state index in [1.165, 1.54) is 0 Å². The van der Waals surface area contributed by atoms with Crippen LogP contribution in [0.5, 0.6) is 5.88 Å². The smallest absolute Gasteiger partial charge is 0.249 e. The molecule has 9 nitrogen and oxygen atoms in total. The molecule has 0 amide bonds. The van der Waals surface area contributed by atoms with E-state index in [9.17, 15) is 9.59 Å². The van der Waals surface area contributed by atoms with E-state index in [0.29, 0.717) is 54.2 Å². The van der Waals surface area contributed by atoms with E-state index < -0.39 is 5.92 Å². The molecule has 1 aromatic heterocycles. The number of allylic oxidation sites excluding steroid dienone is 3. The lowest BCUT2D eigenvalue weighted by atomic mass is 9.83. The van der Waals surface area contributed by atoms with Crippen molar-refractivity contribution in [3.05, 3.63) is 28.4 Å². The SMILES string of the molecule is CC.CCC/C(C(=O)c1nc(OC(C)[C@@H]2CCCN2C)c2c(n1)[N+]1(CCOC1)C(C)=C2)=C(/N)[C@H]1CCCCC1=O. The quantitative estimate of drug-likeness (QED) is 0.272. The molecule has 3 fully saturated rings. The summed E-state index contributed by atoms with van der Waals surface area (Å²) in [5.74, 6) is 0.712. The predicted molar refractivity (Wildman–Crippen MR) is 158 cm³/mol. The van der Waals surface area contributed by atoms with Crippen molar-refractivity contribution in [3.8, 4) is 5.88 Å². The molecule has 4 atom stereocenters. The third kappa shape index (κ3) is 5.60. The van der Waals surface area contributed by atoms with Crippen LogP contribution in [-0.2, 0) is 9.53 Å². The Hall–Kier alpha value is -2.62. The van der Waals surface area contributed by atoms with Gasteiger partial charge >= 0.3 is 0 Å². The zero-order chi connectivity index (χ0) is 29.0. The van der Waals surface area contributed by atoms with E-state index in [-0.39, 0.29) is 29.5 Å². The Morgan fingerprint density at radius 2 is 2.02 bits per heavy atom. The van der Waals surface area contributed by atoms with Gasteiger partial charge in [0.25, 0.3) is 0 Å². The molecule has 2 unspecified atom stereocenters. The van der Waals surface area contributed by atoms with Gasteiger partial charge in [-0.3, -0.25) is 14.5 Å². The highest BCUT2D eigenvalue weighted by atomic mass is 16.5. The molecule has 5 rings (SSSR count). The minimum atomic E-state index is -0.397. The van der Waals surface area contributed by atoms with Crippen LogP contribution in [0, 0.1) is 5.92 Å². The Morgan fingerprint density at radius 1 is 1.25 bits per heavy atom. The number of nitrogens with zero attached hydrogens (tertiary/aromatic N) is 4. The summed E-state index contributed by atoms with van der Waals surface area (Å²) in [6.07, 6.45) is 8.44. The molecular weight excluding hydrogens is 506 g/mol. The molecular formula is C31H48N5O4+. The summed E-state index contributed by atoms with van der Waals surface area (Å²) >= 11 is 0. The highest BCUT2D eigenvalue weighted by molar-refractivity contribution is 6.07. The molecule has 1 spiro atoms. The molecule has 2 N–H and O–H groups in total. The largest absolute Gasteiger partial charge is 0.472 e. The number of quaternary nitrogens is 1. The van der Waals surface area contributed by atoms with Crippen molar-refractivity contribution in [2.45, 2.75) is 98.1 Å². The normalized spacial score (nSPS) is 27.6. The van der Waals surface area contributed by atoms with Crippen LogP contribution < -0.4 is 15.0 Å². The van der Waals surface area contributed by atoms with Crippen molar-refractivity contribution in [1.29, 1.82) is 0 Å². The first kappa shape index (κ1) is 30.3. The van der Waals surface area contributed by atoms with Crippen molar-refractivity contribution < 1.29 is 19.1 Å². The number of rotatable bonds is 8. The fourth-order valence-electron chi connectivity index (χ4n) is 6.61. The Labute approximate surface area is 239 Å². The number of carbonyl (C=O) groups is 2. The van der Waals surface area contributed by atoms with Crippen LogP contribution in [0.15, 0.2) is 17.0 Å². The maximum Gasteiger partial charge on any atom is 0.249 e. The van der Waals surface area contributed by atoms with Crippen LogP contribution in [0.25, 0.3) is 6.08 Å². The van der Waals surface area contributed by atoms with E-state index in [0.717, 1.165) is 62.3 Å². The number of nitrogens with two attached hydrogens (primary N) is 1. The first-order valence-corrected chi connectivity index (χ1v) is 15.3. The highest BCUT2D eigenvalue weighted by Crippen LogP contribution is 2.44. The minimum Gasteiger partial charge on any atom is -0.472 e. The predicted octanol–water partition coefficient (Wildman–Crippen LogP) is 4.99. The van der Waals surface area contributed by atoms with Crippen molar-refractivity contribution in [1.82, 2.24) is 19.4 Å². The summed E-state index contributed by atoms with van der Waals surface area (Å²) in [5, 5.41) is 0. The van der Waals surface area contributed by atoms with Crippen LogP contribution in [0.2, 0.25) is 0 Å². The molecule has 220 valence electrons. The molecule has 40 heavy (non-hydrogen) atoms. The first-order chi connectivity index (χ1) is 19.3. The van der Waals surface area contributed by atoms with Crippen LogP contribution in [0.4, 0.5) is 5.82 Å². The summed E-state index contributed by atoms with van der Waals surface area (Å²) in [4.78, 5) is 38.7. The zero-order valence-electron chi connectivity index (χ0n) is 25.3. The molecule has 2 saturated heterocycles. The number of carbonyl (C=O) groups excluding carboxylic acids is 2. The Bertz CT molecular complexity index is 1170. The summed E-state index contributed by atoms with van der Waals surface area (Å²) in [6.45, 7) is 13.0. The number of hydrogen-bond acceptors (Lipinski definition) is 8. The van der Waals surface area contributed by atoms with Gasteiger partial charge in [0.2, 0.25) is 23.3 Å². The number of likely N-dealkylation sites (tertiary alicyclic amines) is 1.